The molecule has 0 spiro atoms. The molecule has 0 aliphatic carbocycles. The monoisotopic (exact) mass is 434 g/mol. The van der Waals surface area contributed by atoms with Gasteiger partial charge >= 0.3 is 10.2 Å². The van der Waals surface area contributed by atoms with Crippen LogP contribution in [0.5, 0.6) is 0 Å². The predicted octanol–water partition coefficient (Wildman–Crippen LogP) is 1.71. The van der Waals surface area contributed by atoms with Crippen LogP contribution in [0, 0.1) is 0 Å². The van der Waals surface area contributed by atoms with Crippen LogP contribution in [-0.2, 0) is 21.4 Å². The Labute approximate surface area is 178 Å². The third-order valence-electron chi connectivity index (χ3n) is 5.19. The largest absolute Gasteiger partial charge is 0.387 e. The van der Waals surface area contributed by atoms with E-state index in [2.05, 4.69) is 15.0 Å². The van der Waals surface area contributed by atoms with Crippen molar-refractivity contribution < 1.29 is 18.3 Å². The van der Waals surface area contributed by atoms with Crippen molar-refractivity contribution in [2.24, 2.45) is 0 Å². The second-order valence-electron chi connectivity index (χ2n) is 7.42. The molecular weight excluding hydrogens is 404 g/mol. The van der Waals surface area contributed by atoms with E-state index >= 15 is 0 Å². The molecule has 0 radical (unpaired) electrons. The van der Waals surface area contributed by atoms with E-state index in [1.54, 1.807) is 37.7 Å². The molecule has 1 aliphatic rings. The molecular formula is C21H30N4O4S. The Morgan fingerprint density at radius 1 is 1.30 bits per heavy atom. The van der Waals surface area contributed by atoms with E-state index in [-0.39, 0.29) is 6.04 Å². The van der Waals surface area contributed by atoms with Gasteiger partial charge in [0.05, 0.1) is 12.7 Å². The highest BCUT2D eigenvalue weighted by molar-refractivity contribution is 7.90. The zero-order valence-corrected chi connectivity index (χ0v) is 18.0. The first-order chi connectivity index (χ1) is 14.5. The molecule has 3 rings (SSSR count). The molecule has 0 amide bonds. The van der Waals surface area contributed by atoms with Gasteiger partial charge in [0, 0.05) is 49.9 Å². The summed E-state index contributed by atoms with van der Waals surface area (Å²) in [5.41, 5.74) is 2.41. The summed E-state index contributed by atoms with van der Waals surface area (Å²) in [4.78, 5) is 4.01. The first-order valence-corrected chi connectivity index (χ1v) is 11.6. The minimum absolute atomic E-state index is 0.111. The van der Waals surface area contributed by atoms with E-state index in [0.717, 1.165) is 30.4 Å². The van der Waals surface area contributed by atoms with Crippen molar-refractivity contribution in [1.82, 2.24) is 14.6 Å². The van der Waals surface area contributed by atoms with Crippen LogP contribution in [0.25, 0.3) is 0 Å². The van der Waals surface area contributed by atoms with Crippen molar-refractivity contribution in [2.75, 3.05) is 38.1 Å². The molecule has 2 atom stereocenters. The first kappa shape index (κ1) is 22.6. The quantitative estimate of drug-likeness (QED) is 0.465. The predicted molar refractivity (Wildman–Crippen MR) is 116 cm³/mol. The summed E-state index contributed by atoms with van der Waals surface area (Å²) in [6.45, 7) is 2.07. The van der Waals surface area contributed by atoms with E-state index in [9.17, 15) is 13.5 Å². The second-order valence-corrected chi connectivity index (χ2v) is 9.05. The van der Waals surface area contributed by atoms with Crippen LogP contribution in [0.1, 0.15) is 30.1 Å². The smallest absolute Gasteiger partial charge is 0.301 e. The third-order valence-corrected chi connectivity index (χ3v) is 6.78. The van der Waals surface area contributed by atoms with Gasteiger partial charge in [-0.05, 0) is 49.6 Å². The Bertz CT molecular complexity index is 878. The van der Waals surface area contributed by atoms with Gasteiger partial charge in [-0.1, -0.05) is 18.2 Å². The summed E-state index contributed by atoms with van der Waals surface area (Å²) in [5, 5.41) is 13.4. The Morgan fingerprint density at radius 2 is 2.10 bits per heavy atom. The van der Waals surface area contributed by atoms with Gasteiger partial charge in [0.15, 0.2) is 0 Å². The number of aliphatic hydroxyl groups is 1. The molecule has 30 heavy (non-hydrogen) atoms. The van der Waals surface area contributed by atoms with Gasteiger partial charge in [-0.2, -0.15) is 12.7 Å². The topological polar surface area (TPSA) is 104 Å². The van der Waals surface area contributed by atoms with E-state index < -0.39 is 16.3 Å². The number of aromatic nitrogens is 1. The number of hydrogen-bond donors (Lipinski definition) is 3. The number of rotatable bonds is 11. The highest BCUT2D eigenvalue weighted by Crippen LogP contribution is 2.23. The molecule has 8 nitrogen and oxygen atoms in total. The average Bonchev–Trinajstić information content (AvgIpc) is 3.22. The molecule has 0 bridgehead atoms. The molecule has 2 aromatic rings. The number of anilines is 1. The lowest BCUT2D eigenvalue weighted by Crippen LogP contribution is -2.41. The van der Waals surface area contributed by atoms with Crippen molar-refractivity contribution in [3.05, 3.63) is 59.9 Å². The molecule has 0 saturated carbocycles. The number of ether oxygens (including phenoxy) is 1. The van der Waals surface area contributed by atoms with Crippen molar-refractivity contribution in [3.8, 4) is 0 Å². The lowest BCUT2D eigenvalue weighted by Gasteiger charge is -2.24. The maximum Gasteiger partial charge on any atom is 0.301 e. The maximum absolute atomic E-state index is 12.7. The van der Waals surface area contributed by atoms with Gasteiger partial charge in [-0.25, -0.2) is 0 Å². The molecule has 1 saturated heterocycles. The zero-order valence-electron chi connectivity index (χ0n) is 17.2. The van der Waals surface area contributed by atoms with Crippen LogP contribution >= 0.6 is 0 Å². The summed E-state index contributed by atoms with van der Waals surface area (Å²) in [7, 11) is -2.01. The summed E-state index contributed by atoms with van der Waals surface area (Å²) in [5.74, 6) is 0. The maximum atomic E-state index is 12.7. The molecule has 1 aliphatic heterocycles. The van der Waals surface area contributed by atoms with Gasteiger partial charge in [-0.15, -0.1) is 0 Å². The highest BCUT2D eigenvalue weighted by atomic mass is 32.2. The average molecular weight is 435 g/mol. The standard InChI is InChI=1S/C21H30N4O4S/c1-29-16-20-5-3-13-25(20)30(27,28)24-19-8-6-17(7-9-19)10-12-23-15-21(26)18-4-2-11-22-14-18/h2,4,6-9,11,14,20-21,23-24,26H,3,5,10,12-13,15-16H2,1H3/t20-,21-/m0/s1. The molecule has 1 aromatic heterocycles. The lowest BCUT2D eigenvalue weighted by molar-refractivity contribution is 0.149. The number of benzene rings is 1. The number of aliphatic hydroxyl groups excluding tert-OH is 1. The van der Waals surface area contributed by atoms with Gasteiger partial charge in [0.2, 0.25) is 0 Å². The number of pyridine rings is 1. The second kappa shape index (κ2) is 10.8. The SMILES string of the molecule is COC[C@@H]1CCCN1S(=O)(=O)Nc1ccc(CCNC[C@H](O)c2cccnc2)cc1. The van der Waals surface area contributed by atoms with Gasteiger partial charge in [-0.3, -0.25) is 9.71 Å². The fourth-order valence-electron chi connectivity index (χ4n) is 3.59. The lowest BCUT2D eigenvalue weighted by atomic mass is 10.1. The van der Waals surface area contributed by atoms with E-state index in [1.165, 1.54) is 4.31 Å². The Hall–Kier alpha value is -2.04. The minimum Gasteiger partial charge on any atom is -0.387 e. The molecule has 1 aromatic carbocycles. The van der Waals surface area contributed by atoms with Crippen molar-refractivity contribution in [3.63, 3.8) is 0 Å². The van der Waals surface area contributed by atoms with Crippen LogP contribution in [-0.4, -0.2) is 62.2 Å². The summed E-state index contributed by atoms with van der Waals surface area (Å²) in [6, 6.07) is 10.9. The Kier molecular flexibility index (Phi) is 8.17. The Balaban J connectivity index is 1.45. The van der Waals surface area contributed by atoms with Crippen LogP contribution in [0.2, 0.25) is 0 Å². The molecule has 3 N–H and O–H groups in total. The molecule has 164 valence electrons. The number of hydrogen-bond acceptors (Lipinski definition) is 6. The summed E-state index contributed by atoms with van der Waals surface area (Å²) < 4.78 is 34.7. The van der Waals surface area contributed by atoms with E-state index in [4.69, 9.17) is 4.74 Å². The number of nitrogens with zero attached hydrogens (tertiary/aromatic N) is 2. The van der Waals surface area contributed by atoms with E-state index in [1.807, 2.05) is 18.2 Å². The number of nitrogens with one attached hydrogen (secondary N) is 2. The fourth-order valence-corrected chi connectivity index (χ4v) is 5.07. The van der Waals surface area contributed by atoms with Gasteiger partial charge in [0.1, 0.15) is 0 Å². The molecule has 0 unspecified atom stereocenters. The molecule has 2 heterocycles. The fraction of sp³-hybridized carbons (Fsp3) is 0.476. The molecule has 9 heteroatoms. The molecule has 1 fully saturated rings. The highest BCUT2D eigenvalue weighted by Gasteiger charge is 2.34. The van der Waals surface area contributed by atoms with E-state index in [0.29, 0.717) is 31.9 Å². The Morgan fingerprint density at radius 3 is 2.80 bits per heavy atom. The normalized spacial score (nSPS) is 18.4. The zero-order chi connectivity index (χ0) is 21.4. The van der Waals surface area contributed by atoms with Crippen LogP contribution in [0.3, 0.4) is 0 Å². The minimum atomic E-state index is -3.60. The van der Waals surface area contributed by atoms with Crippen LogP contribution in [0.4, 0.5) is 5.69 Å². The summed E-state index contributed by atoms with van der Waals surface area (Å²) >= 11 is 0. The van der Waals surface area contributed by atoms with Crippen molar-refractivity contribution >= 4 is 15.9 Å². The van der Waals surface area contributed by atoms with Gasteiger partial charge in [0.25, 0.3) is 0 Å². The summed E-state index contributed by atoms with van der Waals surface area (Å²) in [6.07, 6.45) is 5.17. The first-order valence-electron chi connectivity index (χ1n) is 10.2. The van der Waals surface area contributed by atoms with Gasteiger partial charge < -0.3 is 15.2 Å². The van der Waals surface area contributed by atoms with Crippen molar-refractivity contribution in [2.45, 2.75) is 31.4 Å². The van der Waals surface area contributed by atoms with Crippen LogP contribution in [0.15, 0.2) is 48.8 Å². The third kappa shape index (κ3) is 6.23. The number of methoxy groups -OCH3 is 1. The van der Waals surface area contributed by atoms with Crippen molar-refractivity contribution in [1.29, 1.82) is 0 Å². The van der Waals surface area contributed by atoms with Crippen LogP contribution < -0.4 is 10.0 Å².